The molecule has 0 saturated carbocycles. The van der Waals surface area contributed by atoms with Gasteiger partial charge in [0, 0.05) is 0 Å². The zero-order chi connectivity index (χ0) is 19.3. The average Bonchev–Trinajstić information content (AvgIpc) is 3.15. The van der Waals surface area contributed by atoms with E-state index in [2.05, 4.69) is 59.1 Å². The lowest BCUT2D eigenvalue weighted by Gasteiger charge is -2.31. The van der Waals surface area contributed by atoms with Crippen LogP contribution in [0.1, 0.15) is 35.8 Å². The van der Waals surface area contributed by atoms with Crippen LogP contribution in [-0.4, -0.2) is 10.0 Å². The maximum absolute atomic E-state index is 5.90. The molecule has 1 saturated heterocycles. The zero-order valence-corrected chi connectivity index (χ0v) is 16.5. The lowest BCUT2D eigenvalue weighted by Crippen LogP contribution is -2.32. The van der Waals surface area contributed by atoms with Crippen LogP contribution in [-0.2, 0) is 6.61 Å². The number of thiocarbonyl (C=S) groups is 1. The Morgan fingerprint density at radius 1 is 0.929 bits per heavy atom. The topological polar surface area (TPSA) is 36.5 Å². The van der Waals surface area contributed by atoms with E-state index in [0.29, 0.717) is 11.7 Å². The summed E-state index contributed by atoms with van der Waals surface area (Å²) in [6.07, 6.45) is -0.00212. The van der Waals surface area contributed by atoms with Gasteiger partial charge in [0.2, 0.25) is 0 Å². The van der Waals surface area contributed by atoms with E-state index in [0.717, 1.165) is 11.3 Å². The molecule has 0 radical (unpaired) electrons. The van der Waals surface area contributed by atoms with Crippen molar-refractivity contribution in [2.45, 2.75) is 25.7 Å². The Balaban J connectivity index is 1.46. The zero-order valence-electron chi connectivity index (χ0n) is 15.7. The fourth-order valence-electron chi connectivity index (χ4n) is 3.40. The second-order valence-corrected chi connectivity index (χ2v) is 7.20. The van der Waals surface area contributed by atoms with Crippen LogP contribution in [0.15, 0.2) is 84.9 Å². The summed E-state index contributed by atoms with van der Waals surface area (Å²) in [6.45, 7) is 2.73. The number of ether oxygens (including phenoxy) is 1. The van der Waals surface area contributed by atoms with E-state index in [1.54, 1.807) is 0 Å². The quantitative estimate of drug-likeness (QED) is 0.597. The number of hydrazine groups is 1. The van der Waals surface area contributed by atoms with Crippen molar-refractivity contribution in [3.8, 4) is 5.75 Å². The molecule has 3 aromatic carbocycles. The summed E-state index contributed by atoms with van der Waals surface area (Å²) in [5.41, 5.74) is 9.89. The Morgan fingerprint density at radius 3 is 2.25 bits per heavy atom. The summed E-state index contributed by atoms with van der Waals surface area (Å²) in [5.74, 6) is 0.861. The normalized spacial score (nSPS) is 17.2. The molecule has 1 heterocycles. The van der Waals surface area contributed by atoms with Gasteiger partial charge in [-0.1, -0.05) is 72.8 Å². The molecule has 0 aromatic heterocycles. The summed E-state index contributed by atoms with van der Waals surface area (Å²) in [6, 6.07) is 28.9. The molecule has 0 bridgehead atoms. The Bertz CT molecular complexity index is 916. The molecule has 2 unspecified atom stereocenters. The summed E-state index contributed by atoms with van der Waals surface area (Å²) in [7, 11) is 0. The highest BCUT2D eigenvalue weighted by Gasteiger charge is 2.33. The first-order valence-corrected chi connectivity index (χ1v) is 9.78. The molecule has 2 atom stereocenters. The van der Waals surface area contributed by atoms with E-state index in [4.69, 9.17) is 17.0 Å². The van der Waals surface area contributed by atoms with Gasteiger partial charge in [0.25, 0.3) is 0 Å². The maximum Gasteiger partial charge on any atom is 0.185 e. The number of rotatable bonds is 6. The van der Waals surface area contributed by atoms with Crippen LogP contribution in [0.5, 0.6) is 5.75 Å². The molecule has 3 aromatic rings. The number of nitrogens with one attached hydrogen (secondary N) is 2. The van der Waals surface area contributed by atoms with Gasteiger partial charge in [0.05, 0.1) is 6.04 Å². The molecule has 2 N–H and O–H groups in total. The van der Waals surface area contributed by atoms with Crippen molar-refractivity contribution < 1.29 is 4.74 Å². The minimum absolute atomic E-state index is 0.00212. The Kier molecular flexibility index (Phi) is 5.55. The van der Waals surface area contributed by atoms with Gasteiger partial charge in [-0.15, -0.1) is 0 Å². The van der Waals surface area contributed by atoms with Crippen LogP contribution in [0, 0.1) is 0 Å². The first-order valence-electron chi connectivity index (χ1n) is 9.38. The third kappa shape index (κ3) is 4.01. The third-order valence-electron chi connectivity index (χ3n) is 4.97. The molecule has 4 nitrogen and oxygen atoms in total. The van der Waals surface area contributed by atoms with Gasteiger partial charge >= 0.3 is 0 Å². The van der Waals surface area contributed by atoms with Crippen molar-refractivity contribution in [2.24, 2.45) is 0 Å². The van der Waals surface area contributed by atoms with Crippen molar-refractivity contribution >= 4 is 17.3 Å². The fraction of sp³-hybridized carbons (Fsp3) is 0.174. The lowest BCUT2D eigenvalue weighted by atomic mass is 10.0. The molecule has 1 aliphatic rings. The largest absolute Gasteiger partial charge is 0.489 e. The lowest BCUT2D eigenvalue weighted by molar-refractivity contribution is 0.256. The van der Waals surface area contributed by atoms with Crippen LogP contribution < -0.4 is 15.6 Å². The molecule has 1 aliphatic heterocycles. The van der Waals surface area contributed by atoms with Gasteiger partial charge < -0.3 is 9.64 Å². The van der Waals surface area contributed by atoms with Gasteiger partial charge in [-0.05, 0) is 48.0 Å². The van der Waals surface area contributed by atoms with Crippen LogP contribution in [0.25, 0.3) is 0 Å². The van der Waals surface area contributed by atoms with E-state index in [-0.39, 0.29) is 12.2 Å². The summed E-state index contributed by atoms with van der Waals surface area (Å²) in [5, 5.41) is 0.700. The van der Waals surface area contributed by atoms with Gasteiger partial charge in [-0.3, -0.25) is 5.43 Å². The first kappa shape index (κ1) is 18.5. The number of hydrogen-bond donors (Lipinski definition) is 2. The minimum Gasteiger partial charge on any atom is -0.489 e. The van der Waals surface area contributed by atoms with Gasteiger partial charge in [0.15, 0.2) is 5.11 Å². The minimum atomic E-state index is -0.00212. The number of hydrogen-bond acceptors (Lipinski definition) is 3. The van der Waals surface area contributed by atoms with Gasteiger partial charge in [-0.25, -0.2) is 5.43 Å². The highest BCUT2D eigenvalue weighted by molar-refractivity contribution is 7.80. The molecule has 0 aliphatic carbocycles. The predicted molar refractivity (Wildman–Crippen MR) is 116 cm³/mol. The molecule has 1 fully saturated rings. The van der Waals surface area contributed by atoms with Crippen molar-refractivity contribution in [3.05, 3.63) is 102 Å². The second-order valence-electron chi connectivity index (χ2n) is 6.81. The molecule has 5 heteroatoms. The van der Waals surface area contributed by atoms with Gasteiger partial charge in [0.1, 0.15) is 18.5 Å². The highest BCUT2D eigenvalue weighted by atomic mass is 32.1. The molecule has 28 heavy (non-hydrogen) atoms. The van der Waals surface area contributed by atoms with E-state index in [1.165, 1.54) is 11.1 Å². The SMILES string of the molecule is CC(c1ccc(OCc2ccccc2)cc1)N1C(=S)NNC1c1ccccc1. The summed E-state index contributed by atoms with van der Waals surface area (Å²) >= 11 is 5.54. The van der Waals surface area contributed by atoms with Crippen molar-refractivity contribution in [2.75, 3.05) is 0 Å². The standard InChI is InChI=1S/C23H23N3OS/c1-17(26-22(24-25-23(26)28)20-10-6-3-7-11-20)19-12-14-21(15-13-19)27-16-18-8-4-2-5-9-18/h2-15,17,22,24H,16H2,1H3,(H,25,28). The maximum atomic E-state index is 5.90. The molecule has 0 spiro atoms. The smallest absolute Gasteiger partial charge is 0.185 e. The van der Waals surface area contributed by atoms with Crippen LogP contribution >= 0.6 is 12.2 Å². The summed E-state index contributed by atoms with van der Waals surface area (Å²) < 4.78 is 5.90. The Hall–Kier alpha value is -2.89. The number of benzene rings is 3. The Morgan fingerprint density at radius 2 is 1.57 bits per heavy atom. The fourth-order valence-corrected chi connectivity index (χ4v) is 3.73. The van der Waals surface area contributed by atoms with Crippen LogP contribution in [0.3, 0.4) is 0 Å². The summed E-state index contributed by atoms with van der Waals surface area (Å²) in [4.78, 5) is 2.19. The molecule has 142 valence electrons. The van der Waals surface area contributed by atoms with E-state index < -0.39 is 0 Å². The van der Waals surface area contributed by atoms with E-state index in [9.17, 15) is 0 Å². The molecule has 4 rings (SSSR count). The molecule has 0 amide bonds. The Labute approximate surface area is 171 Å². The average molecular weight is 390 g/mol. The monoisotopic (exact) mass is 389 g/mol. The van der Waals surface area contributed by atoms with Crippen LogP contribution in [0.2, 0.25) is 0 Å². The number of nitrogens with zero attached hydrogens (tertiary/aromatic N) is 1. The van der Waals surface area contributed by atoms with Crippen molar-refractivity contribution in [3.63, 3.8) is 0 Å². The predicted octanol–water partition coefficient (Wildman–Crippen LogP) is 4.72. The third-order valence-corrected chi connectivity index (χ3v) is 5.28. The first-order chi connectivity index (χ1) is 13.7. The van der Waals surface area contributed by atoms with Crippen molar-refractivity contribution in [1.29, 1.82) is 0 Å². The van der Waals surface area contributed by atoms with E-state index in [1.807, 2.05) is 48.5 Å². The van der Waals surface area contributed by atoms with Crippen molar-refractivity contribution in [1.82, 2.24) is 15.8 Å². The van der Waals surface area contributed by atoms with Crippen LogP contribution in [0.4, 0.5) is 0 Å². The highest BCUT2D eigenvalue weighted by Crippen LogP contribution is 2.32. The second kappa shape index (κ2) is 8.42. The van der Waals surface area contributed by atoms with E-state index >= 15 is 0 Å². The van der Waals surface area contributed by atoms with Gasteiger partial charge in [-0.2, -0.15) is 0 Å². The molecular weight excluding hydrogens is 366 g/mol. The molecular formula is C23H23N3OS.